The molecule has 1 heterocycles. The summed E-state index contributed by atoms with van der Waals surface area (Å²) in [6, 6.07) is 9.40. The van der Waals surface area contributed by atoms with E-state index in [4.69, 9.17) is 5.84 Å². The Morgan fingerprint density at radius 1 is 0.917 bits per heavy atom. The first-order valence-electron chi connectivity index (χ1n) is 10.3. The van der Waals surface area contributed by atoms with Gasteiger partial charge >= 0.3 is 11.8 Å². The van der Waals surface area contributed by atoms with Crippen molar-refractivity contribution in [1.82, 2.24) is 15.0 Å². The Hall–Kier alpha value is -5.05. The largest absolute Gasteiger partial charge is 0.508 e. The van der Waals surface area contributed by atoms with Crippen molar-refractivity contribution < 1.29 is 14.7 Å². The first-order chi connectivity index (χ1) is 17.3. The standard InChI is InChI=1S/C21H19N9O6/c22-30(17(19(33)29-36)10-13-3-7-15(31)8-4-13)21-24-11-23-20(26-21)25-16(18(32)28-35)9-12-1-5-14(27-34)6-2-12/h1-8,11,16-17,31H,9-10,22H2,(H,23,24,25,26). The van der Waals surface area contributed by atoms with Crippen LogP contribution in [0, 0.1) is 14.7 Å². The molecule has 2 aromatic carbocycles. The zero-order valence-corrected chi connectivity index (χ0v) is 18.5. The van der Waals surface area contributed by atoms with Crippen LogP contribution in [-0.4, -0.2) is 44.0 Å². The lowest BCUT2D eigenvalue weighted by Crippen LogP contribution is -2.48. The van der Waals surface area contributed by atoms with Crippen molar-refractivity contribution >= 4 is 29.4 Å². The molecule has 0 fully saturated rings. The van der Waals surface area contributed by atoms with E-state index in [1.807, 2.05) is 0 Å². The molecule has 0 spiro atoms. The van der Waals surface area contributed by atoms with E-state index in [2.05, 4.69) is 35.8 Å². The fourth-order valence-corrected chi connectivity index (χ4v) is 3.19. The van der Waals surface area contributed by atoms with Crippen LogP contribution in [0.25, 0.3) is 0 Å². The lowest BCUT2D eigenvalue weighted by atomic mass is 10.0. The minimum absolute atomic E-state index is 0.00586. The zero-order chi connectivity index (χ0) is 26.1. The molecule has 0 aliphatic rings. The summed E-state index contributed by atoms with van der Waals surface area (Å²) in [7, 11) is 0. The van der Waals surface area contributed by atoms with E-state index in [1.165, 1.54) is 36.4 Å². The van der Waals surface area contributed by atoms with Crippen molar-refractivity contribution in [3.05, 3.63) is 80.7 Å². The van der Waals surface area contributed by atoms with Crippen LogP contribution in [0.5, 0.6) is 5.75 Å². The van der Waals surface area contributed by atoms with Crippen molar-refractivity contribution in [2.24, 2.45) is 21.4 Å². The predicted octanol–water partition coefficient (Wildman–Crippen LogP) is 1.88. The Balaban J connectivity index is 1.82. The van der Waals surface area contributed by atoms with Gasteiger partial charge < -0.3 is 10.4 Å². The number of anilines is 2. The molecule has 1 aromatic heterocycles. The van der Waals surface area contributed by atoms with Crippen LogP contribution >= 0.6 is 0 Å². The van der Waals surface area contributed by atoms with Crippen LogP contribution in [0.1, 0.15) is 11.1 Å². The van der Waals surface area contributed by atoms with E-state index >= 15 is 0 Å². The van der Waals surface area contributed by atoms with E-state index in [0.29, 0.717) is 11.1 Å². The van der Waals surface area contributed by atoms with Gasteiger partial charge in [0.15, 0.2) is 0 Å². The molecule has 4 N–H and O–H groups in total. The Kier molecular flexibility index (Phi) is 8.44. The minimum atomic E-state index is -1.29. The van der Waals surface area contributed by atoms with E-state index in [-0.39, 0.29) is 36.2 Å². The molecule has 15 heteroatoms. The van der Waals surface area contributed by atoms with Gasteiger partial charge in [0.05, 0.1) is 0 Å². The highest BCUT2D eigenvalue weighted by atomic mass is 16.3. The molecule has 184 valence electrons. The molecule has 0 aliphatic heterocycles. The molecule has 0 radical (unpaired) electrons. The van der Waals surface area contributed by atoms with E-state index < -0.39 is 23.9 Å². The van der Waals surface area contributed by atoms with E-state index in [9.17, 15) is 29.4 Å². The van der Waals surface area contributed by atoms with Gasteiger partial charge in [-0.3, -0.25) is 14.6 Å². The lowest BCUT2D eigenvalue weighted by Gasteiger charge is -2.24. The highest BCUT2D eigenvalue weighted by Crippen LogP contribution is 2.18. The summed E-state index contributed by atoms with van der Waals surface area (Å²) in [6.07, 6.45) is 0.979. The molecular weight excluding hydrogens is 474 g/mol. The Labute approximate surface area is 202 Å². The van der Waals surface area contributed by atoms with Crippen molar-refractivity contribution in [2.45, 2.75) is 24.9 Å². The van der Waals surface area contributed by atoms with Crippen LogP contribution in [0.4, 0.5) is 17.6 Å². The van der Waals surface area contributed by atoms with E-state index in [1.54, 1.807) is 12.1 Å². The first kappa shape index (κ1) is 25.6. The molecule has 15 nitrogen and oxygen atoms in total. The number of phenols is 1. The third-order valence-electron chi connectivity index (χ3n) is 5.04. The molecular formula is C21H19N9O6. The van der Waals surface area contributed by atoms with Crippen LogP contribution in [-0.2, 0) is 22.4 Å². The fourth-order valence-electron chi connectivity index (χ4n) is 3.19. The number of nitroso groups, excluding NO2 is 3. The number of hydrazine groups is 1. The smallest absolute Gasteiger partial charge is 0.310 e. The maximum absolute atomic E-state index is 12.2. The Morgan fingerprint density at radius 2 is 1.53 bits per heavy atom. The van der Waals surface area contributed by atoms with Crippen molar-refractivity contribution in [2.75, 3.05) is 10.3 Å². The van der Waals surface area contributed by atoms with Gasteiger partial charge in [0.2, 0.25) is 11.9 Å². The highest BCUT2D eigenvalue weighted by Gasteiger charge is 2.28. The quantitative estimate of drug-likeness (QED) is 0.198. The van der Waals surface area contributed by atoms with Gasteiger partial charge in [0.1, 0.15) is 29.8 Å². The second-order valence-corrected chi connectivity index (χ2v) is 7.42. The van der Waals surface area contributed by atoms with Gasteiger partial charge in [-0.05, 0) is 40.6 Å². The zero-order valence-electron chi connectivity index (χ0n) is 18.5. The average molecular weight is 493 g/mol. The summed E-state index contributed by atoms with van der Waals surface area (Å²) in [6.45, 7) is 0. The summed E-state index contributed by atoms with van der Waals surface area (Å²) in [5.74, 6) is 3.52. The number of nitrogens with two attached hydrogens (primary N) is 1. The molecule has 3 aromatic rings. The van der Waals surface area contributed by atoms with Gasteiger partial charge in [-0.1, -0.05) is 24.3 Å². The topological polar surface area (TPSA) is 223 Å². The summed E-state index contributed by atoms with van der Waals surface area (Å²) >= 11 is 0. The molecule has 3 rings (SSSR count). The number of hydrogen-bond donors (Lipinski definition) is 3. The van der Waals surface area contributed by atoms with Crippen LogP contribution in [0.2, 0.25) is 0 Å². The molecule has 0 saturated carbocycles. The number of amides is 2. The molecule has 0 bridgehead atoms. The van der Waals surface area contributed by atoms with Crippen molar-refractivity contribution in [1.29, 1.82) is 0 Å². The molecule has 0 saturated heterocycles. The molecule has 2 atom stereocenters. The maximum Gasteiger partial charge on any atom is 0.310 e. The van der Waals surface area contributed by atoms with Gasteiger partial charge in [-0.25, -0.2) is 10.8 Å². The monoisotopic (exact) mass is 493 g/mol. The number of nitrogens with zero attached hydrogens (tertiary/aromatic N) is 7. The number of carbonyl (C=O) groups is 2. The third kappa shape index (κ3) is 6.51. The minimum Gasteiger partial charge on any atom is -0.508 e. The van der Waals surface area contributed by atoms with Crippen LogP contribution in [0.3, 0.4) is 0 Å². The summed E-state index contributed by atoms with van der Waals surface area (Å²) < 4.78 is 0. The number of nitrogens with one attached hydrogen (secondary N) is 1. The third-order valence-corrected chi connectivity index (χ3v) is 5.04. The van der Waals surface area contributed by atoms with Crippen LogP contribution < -0.4 is 16.2 Å². The Morgan fingerprint density at radius 3 is 2.14 bits per heavy atom. The SMILES string of the molecule is NN(c1ncnc(NC(Cc2ccc(N=O)cc2)C(=O)N=O)n1)C(Cc1ccc(O)cc1)C(=O)N=O. The Bertz CT molecular complexity index is 1250. The summed E-state index contributed by atoms with van der Waals surface area (Å²) in [5.41, 5.74) is 1.34. The van der Waals surface area contributed by atoms with Crippen LogP contribution in [0.15, 0.2) is 70.4 Å². The summed E-state index contributed by atoms with van der Waals surface area (Å²) in [4.78, 5) is 68.6. The molecule has 36 heavy (non-hydrogen) atoms. The van der Waals surface area contributed by atoms with Gasteiger partial charge in [-0.15, -0.1) is 14.7 Å². The number of benzene rings is 2. The molecule has 2 unspecified atom stereocenters. The number of carbonyl (C=O) groups excluding carboxylic acids is 2. The van der Waals surface area contributed by atoms with Gasteiger partial charge in [0, 0.05) is 23.2 Å². The van der Waals surface area contributed by atoms with Crippen molar-refractivity contribution in [3.8, 4) is 5.75 Å². The van der Waals surface area contributed by atoms with E-state index in [0.717, 1.165) is 11.3 Å². The number of aromatic hydroxyl groups is 1. The molecule has 2 amide bonds. The fraction of sp³-hybridized carbons (Fsp3) is 0.190. The number of phenolic OH excluding ortho intramolecular Hbond substituents is 1. The summed E-state index contributed by atoms with van der Waals surface area (Å²) in [5, 5.41) is 20.6. The number of rotatable bonds is 11. The first-order valence-corrected chi connectivity index (χ1v) is 10.3. The molecule has 0 aliphatic carbocycles. The second-order valence-electron chi connectivity index (χ2n) is 7.42. The highest BCUT2D eigenvalue weighted by molar-refractivity contribution is 5.86. The van der Waals surface area contributed by atoms with Gasteiger partial charge in [-0.2, -0.15) is 9.97 Å². The normalized spacial score (nSPS) is 12.1. The van der Waals surface area contributed by atoms with Gasteiger partial charge in [0.25, 0.3) is 0 Å². The number of aromatic nitrogens is 3. The maximum atomic E-state index is 12.2. The average Bonchev–Trinajstić information content (AvgIpc) is 2.91. The second kappa shape index (κ2) is 11.9. The lowest BCUT2D eigenvalue weighted by molar-refractivity contribution is -0.119. The predicted molar refractivity (Wildman–Crippen MR) is 127 cm³/mol. The number of hydrogen-bond acceptors (Lipinski definition) is 13. The van der Waals surface area contributed by atoms with Crippen molar-refractivity contribution in [3.63, 3.8) is 0 Å².